The first-order chi connectivity index (χ1) is 18.9. The van der Waals surface area contributed by atoms with Crippen LogP contribution in [0.25, 0.3) is 0 Å². The van der Waals surface area contributed by atoms with Crippen molar-refractivity contribution in [3.63, 3.8) is 0 Å². The van der Waals surface area contributed by atoms with E-state index in [2.05, 4.69) is 104 Å². The number of carbonyl (C=O) groups excluding carboxylic acids is 2. The lowest BCUT2D eigenvalue weighted by atomic mass is 9.75. The van der Waals surface area contributed by atoms with Gasteiger partial charge in [0.05, 0.1) is 23.7 Å². The van der Waals surface area contributed by atoms with Crippen LogP contribution in [0, 0.1) is 5.41 Å². The molecule has 2 aromatic rings. The molecule has 0 N–H and O–H groups in total. The van der Waals surface area contributed by atoms with E-state index < -0.39 is 22.0 Å². The van der Waals surface area contributed by atoms with Crippen LogP contribution in [0.1, 0.15) is 70.7 Å². The maximum Gasteiger partial charge on any atom is 0.232 e. The number of fused-ring (bicyclic) bond motifs is 1. The molecule has 5 nitrogen and oxygen atoms in total. The molecule has 1 amide bonds. The Morgan fingerprint density at radius 2 is 1.44 bits per heavy atom. The Labute approximate surface area is 250 Å². The second-order valence-electron chi connectivity index (χ2n) is 15.3. The van der Waals surface area contributed by atoms with Gasteiger partial charge in [0, 0.05) is 19.4 Å². The first kappa shape index (κ1) is 31.9. The molecule has 1 aliphatic heterocycles. The molecule has 2 aromatic carbocycles. The number of hydrogen-bond acceptors (Lipinski definition) is 4. The number of hydrogen-bond donors (Lipinski definition) is 0. The predicted octanol–water partition coefficient (Wildman–Crippen LogP) is 7.72. The van der Waals surface area contributed by atoms with Crippen LogP contribution in [0.2, 0.25) is 36.3 Å². The Morgan fingerprint density at radius 3 is 2.02 bits per heavy atom. The van der Waals surface area contributed by atoms with Crippen LogP contribution in [0.4, 0.5) is 0 Å². The fraction of sp³-hybridized carbons (Fsp3) is 0.588. The number of rotatable bonds is 9. The molecular formula is C34H51NO4Si2. The largest absolute Gasteiger partial charge is 0.411 e. The fourth-order valence-electron chi connectivity index (χ4n) is 5.94. The third-order valence-electron chi connectivity index (χ3n) is 10.5. The molecule has 0 radical (unpaired) electrons. The lowest BCUT2D eigenvalue weighted by molar-refractivity contribution is -0.142. The molecule has 0 spiro atoms. The van der Waals surface area contributed by atoms with Crippen LogP contribution >= 0.6 is 0 Å². The van der Waals surface area contributed by atoms with Gasteiger partial charge in [-0.3, -0.25) is 4.79 Å². The number of carbonyl (C=O) groups is 2. The standard InChI is InChI=1S/C34H51NO4Si2/c1-32(2,3)40(7,8)38-28-22-26-18-14-15-19-27(26)30(28)35-24-29(39-41(9,10)33(4,5)6)34(20-21-36,31(35)37)23-25-16-12-11-13-17-25/h11-19,21,28-30H,20,22-24H2,1-10H3/t28-,29-,30+,34-/m1/s1. The Hall–Kier alpha value is -2.07. The molecule has 1 aliphatic carbocycles. The van der Waals surface area contributed by atoms with Crippen LogP contribution < -0.4 is 0 Å². The SMILES string of the molecule is CC(C)(C)[Si](C)(C)O[C@@H]1Cc2ccccc2[C@@H]1N1C[C@@H](O[Si](C)(C)C(C)(C)C)[C@@](CC=O)(Cc2ccccc2)C1=O. The van der Waals surface area contributed by atoms with E-state index in [4.69, 9.17) is 8.85 Å². The maximum absolute atomic E-state index is 14.9. The number of aldehydes is 1. The van der Waals surface area contributed by atoms with Gasteiger partial charge in [-0.15, -0.1) is 0 Å². The third kappa shape index (κ3) is 6.06. The molecule has 0 saturated carbocycles. The zero-order valence-electron chi connectivity index (χ0n) is 26.9. The highest BCUT2D eigenvalue weighted by atomic mass is 28.4. The van der Waals surface area contributed by atoms with Gasteiger partial charge in [-0.1, -0.05) is 96.1 Å². The van der Waals surface area contributed by atoms with Crippen molar-refractivity contribution in [1.29, 1.82) is 0 Å². The first-order valence-electron chi connectivity index (χ1n) is 15.2. The number of benzene rings is 2. The zero-order chi connectivity index (χ0) is 30.4. The van der Waals surface area contributed by atoms with Crippen LogP contribution in [-0.2, 0) is 31.3 Å². The summed E-state index contributed by atoms with van der Waals surface area (Å²) in [5.41, 5.74) is 2.50. The predicted molar refractivity (Wildman–Crippen MR) is 172 cm³/mol. The van der Waals surface area contributed by atoms with E-state index in [1.54, 1.807) is 0 Å². The van der Waals surface area contributed by atoms with Gasteiger partial charge in [-0.2, -0.15) is 0 Å². The van der Waals surface area contributed by atoms with Gasteiger partial charge in [-0.25, -0.2) is 0 Å². The Balaban J connectivity index is 1.82. The minimum absolute atomic E-state index is 0.0164. The number of likely N-dealkylation sites (tertiary alicyclic amines) is 1. The van der Waals surface area contributed by atoms with Crippen molar-refractivity contribution in [2.24, 2.45) is 5.41 Å². The lowest BCUT2D eigenvalue weighted by Crippen LogP contribution is -2.50. The van der Waals surface area contributed by atoms with Crippen molar-refractivity contribution in [3.05, 3.63) is 71.3 Å². The Bertz CT molecular complexity index is 1250. The van der Waals surface area contributed by atoms with E-state index in [0.717, 1.165) is 23.8 Å². The summed E-state index contributed by atoms with van der Waals surface area (Å²) in [6.07, 6.45) is 1.81. The minimum atomic E-state index is -2.27. The molecule has 7 heteroatoms. The molecule has 1 heterocycles. The van der Waals surface area contributed by atoms with Gasteiger partial charge in [0.15, 0.2) is 16.6 Å². The highest BCUT2D eigenvalue weighted by Gasteiger charge is 2.60. The first-order valence-corrected chi connectivity index (χ1v) is 21.0. The van der Waals surface area contributed by atoms with Gasteiger partial charge in [0.25, 0.3) is 0 Å². The van der Waals surface area contributed by atoms with Crippen LogP contribution in [0.5, 0.6) is 0 Å². The summed E-state index contributed by atoms with van der Waals surface area (Å²) in [6, 6.07) is 18.4. The van der Waals surface area contributed by atoms with E-state index in [1.165, 1.54) is 5.56 Å². The van der Waals surface area contributed by atoms with Crippen molar-refractivity contribution in [2.75, 3.05) is 6.54 Å². The Kier molecular flexibility index (Phi) is 8.71. The monoisotopic (exact) mass is 593 g/mol. The van der Waals surface area contributed by atoms with Crippen LogP contribution in [-0.4, -0.2) is 52.5 Å². The third-order valence-corrected chi connectivity index (χ3v) is 19.4. The molecule has 0 bridgehead atoms. The van der Waals surface area contributed by atoms with Gasteiger partial charge in [0.2, 0.25) is 5.91 Å². The highest BCUT2D eigenvalue weighted by Crippen LogP contribution is 2.51. The minimum Gasteiger partial charge on any atom is -0.411 e. The van der Waals surface area contributed by atoms with E-state index in [0.29, 0.717) is 13.0 Å². The number of amides is 1. The van der Waals surface area contributed by atoms with Gasteiger partial charge in [-0.05, 0) is 59.4 Å². The lowest BCUT2D eigenvalue weighted by Gasteiger charge is -2.42. The van der Waals surface area contributed by atoms with Crippen molar-refractivity contribution in [2.45, 2.75) is 115 Å². The molecule has 41 heavy (non-hydrogen) atoms. The van der Waals surface area contributed by atoms with E-state index in [-0.39, 0.29) is 40.7 Å². The zero-order valence-corrected chi connectivity index (χ0v) is 28.9. The van der Waals surface area contributed by atoms with Crippen molar-refractivity contribution in [1.82, 2.24) is 4.90 Å². The molecule has 0 unspecified atom stereocenters. The van der Waals surface area contributed by atoms with Crippen molar-refractivity contribution < 1.29 is 18.4 Å². The van der Waals surface area contributed by atoms with E-state index in [9.17, 15) is 9.59 Å². The molecule has 4 atom stereocenters. The summed E-state index contributed by atoms with van der Waals surface area (Å²) in [4.78, 5) is 29.3. The van der Waals surface area contributed by atoms with Gasteiger partial charge >= 0.3 is 0 Å². The van der Waals surface area contributed by atoms with Gasteiger partial charge < -0.3 is 18.5 Å². The molecule has 224 valence electrons. The van der Waals surface area contributed by atoms with E-state index >= 15 is 0 Å². The summed E-state index contributed by atoms with van der Waals surface area (Å²) in [7, 11) is -4.41. The topological polar surface area (TPSA) is 55.8 Å². The number of nitrogens with zero attached hydrogens (tertiary/aromatic N) is 1. The second kappa shape index (κ2) is 11.2. The fourth-order valence-corrected chi connectivity index (χ4v) is 8.63. The molecule has 2 aliphatic rings. The smallest absolute Gasteiger partial charge is 0.232 e. The Morgan fingerprint density at radius 1 is 0.878 bits per heavy atom. The molecule has 4 rings (SSSR count). The maximum atomic E-state index is 14.9. The van der Waals surface area contributed by atoms with Crippen LogP contribution in [0.3, 0.4) is 0 Å². The summed E-state index contributed by atoms with van der Waals surface area (Å²) in [5, 5.41) is 0.0149. The molecule has 0 aromatic heterocycles. The quantitative estimate of drug-likeness (QED) is 0.221. The molecule has 1 fully saturated rings. The summed E-state index contributed by atoms with van der Waals surface area (Å²) < 4.78 is 14.2. The van der Waals surface area contributed by atoms with Gasteiger partial charge in [0.1, 0.15) is 6.29 Å². The summed E-state index contributed by atoms with van der Waals surface area (Å²) in [6.45, 7) is 23.0. The molecule has 1 saturated heterocycles. The average molecular weight is 594 g/mol. The van der Waals surface area contributed by atoms with Crippen molar-refractivity contribution in [3.8, 4) is 0 Å². The second-order valence-corrected chi connectivity index (χ2v) is 24.8. The normalized spacial score (nSPS) is 25.5. The molecular weight excluding hydrogens is 543 g/mol. The van der Waals surface area contributed by atoms with Crippen LogP contribution in [0.15, 0.2) is 54.6 Å². The van der Waals surface area contributed by atoms with E-state index in [1.807, 2.05) is 23.1 Å². The summed E-state index contributed by atoms with van der Waals surface area (Å²) in [5.74, 6) is 0.0164. The highest BCUT2D eigenvalue weighted by molar-refractivity contribution is 6.74. The average Bonchev–Trinajstić information content (AvgIpc) is 3.33. The summed E-state index contributed by atoms with van der Waals surface area (Å²) >= 11 is 0. The van der Waals surface area contributed by atoms with Crippen molar-refractivity contribution >= 4 is 28.8 Å².